The highest BCUT2D eigenvalue weighted by atomic mass is 35.5. The first-order valence-corrected chi connectivity index (χ1v) is 8.24. The number of aromatic nitrogens is 3. The lowest BCUT2D eigenvalue weighted by Crippen LogP contribution is -2.10. The van der Waals surface area contributed by atoms with Gasteiger partial charge in [-0.05, 0) is 24.1 Å². The lowest BCUT2D eigenvalue weighted by molar-refractivity contribution is 0.356. The van der Waals surface area contributed by atoms with Gasteiger partial charge in [0.15, 0.2) is 5.15 Å². The summed E-state index contributed by atoms with van der Waals surface area (Å²) in [5, 5.41) is 3.64. The number of ether oxygens (including phenoxy) is 1. The molecule has 7 heteroatoms. The van der Waals surface area contributed by atoms with Gasteiger partial charge in [-0.3, -0.25) is 4.40 Å². The molecule has 3 aromatic rings. The minimum Gasteiger partial charge on any atom is -0.493 e. The predicted octanol–water partition coefficient (Wildman–Crippen LogP) is 3.63. The standard InChI is InChI=1S/C17H16ClFN4O/c1-2-10-7-20-17(23-9-22-16(18)15(10)23)21-8-12-11-5-6-24-14(11)4-3-13(12)19/h3-4,7,9H,2,5-6,8H2,1H3,(H,20,21). The van der Waals surface area contributed by atoms with Crippen LogP contribution in [0.1, 0.15) is 23.6 Å². The number of nitrogens with one attached hydrogen (secondary N) is 1. The number of hydrogen-bond acceptors (Lipinski definition) is 4. The van der Waals surface area contributed by atoms with Gasteiger partial charge in [-0.15, -0.1) is 0 Å². The zero-order valence-electron chi connectivity index (χ0n) is 13.1. The van der Waals surface area contributed by atoms with Crippen LogP contribution in [0.4, 0.5) is 10.3 Å². The highest BCUT2D eigenvalue weighted by Gasteiger charge is 2.20. The van der Waals surface area contributed by atoms with Crippen molar-refractivity contribution < 1.29 is 9.13 Å². The molecule has 1 aromatic carbocycles. The number of rotatable bonds is 4. The molecule has 1 aliphatic rings. The number of imidazole rings is 1. The van der Waals surface area contributed by atoms with Crippen LogP contribution in [0.2, 0.25) is 5.15 Å². The van der Waals surface area contributed by atoms with Gasteiger partial charge in [0.1, 0.15) is 17.9 Å². The van der Waals surface area contributed by atoms with Crippen molar-refractivity contribution in [2.75, 3.05) is 11.9 Å². The van der Waals surface area contributed by atoms with Crippen LogP contribution >= 0.6 is 11.6 Å². The Balaban J connectivity index is 1.69. The van der Waals surface area contributed by atoms with Crippen LogP contribution in [0, 0.1) is 5.82 Å². The largest absolute Gasteiger partial charge is 0.493 e. The number of nitrogens with zero attached hydrogens (tertiary/aromatic N) is 3. The summed E-state index contributed by atoms with van der Waals surface area (Å²) in [6.45, 7) is 2.95. The van der Waals surface area contributed by atoms with Crippen molar-refractivity contribution in [2.24, 2.45) is 0 Å². The Hall–Kier alpha value is -2.34. The fourth-order valence-electron chi connectivity index (χ4n) is 3.10. The molecule has 0 unspecified atom stereocenters. The normalized spacial score (nSPS) is 13.1. The van der Waals surface area contributed by atoms with Gasteiger partial charge in [-0.2, -0.15) is 0 Å². The monoisotopic (exact) mass is 346 g/mol. The number of fused-ring (bicyclic) bond motifs is 2. The molecule has 0 bridgehead atoms. The van der Waals surface area contributed by atoms with Crippen molar-refractivity contribution in [3.05, 3.63) is 52.3 Å². The molecule has 1 aliphatic heterocycles. The third-order valence-corrected chi connectivity index (χ3v) is 4.62. The summed E-state index contributed by atoms with van der Waals surface area (Å²) in [4.78, 5) is 8.58. The molecule has 0 radical (unpaired) electrons. The van der Waals surface area contributed by atoms with Crippen molar-refractivity contribution in [3.8, 4) is 5.75 Å². The molecular weight excluding hydrogens is 331 g/mol. The molecule has 124 valence electrons. The van der Waals surface area contributed by atoms with Gasteiger partial charge in [-0.25, -0.2) is 14.4 Å². The first-order valence-electron chi connectivity index (χ1n) is 7.86. The molecule has 5 nitrogen and oxygen atoms in total. The van der Waals surface area contributed by atoms with Gasteiger partial charge >= 0.3 is 0 Å². The van der Waals surface area contributed by atoms with Crippen LogP contribution < -0.4 is 10.1 Å². The van der Waals surface area contributed by atoms with E-state index in [1.807, 2.05) is 6.92 Å². The predicted molar refractivity (Wildman–Crippen MR) is 90.3 cm³/mol. The minimum absolute atomic E-state index is 0.239. The molecule has 0 atom stereocenters. The van der Waals surface area contributed by atoms with E-state index in [2.05, 4.69) is 15.3 Å². The fraction of sp³-hybridized carbons (Fsp3) is 0.294. The van der Waals surface area contributed by atoms with Crippen LogP contribution in [-0.4, -0.2) is 21.0 Å². The second-order valence-electron chi connectivity index (χ2n) is 5.67. The zero-order chi connectivity index (χ0) is 16.7. The van der Waals surface area contributed by atoms with E-state index in [9.17, 15) is 4.39 Å². The van der Waals surface area contributed by atoms with Crippen molar-refractivity contribution in [2.45, 2.75) is 26.3 Å². The summed E-state index contributed by atoms with van der Waals surface area (Å²) in [5.74, 6) is 1.10. The Labute approximate surface area is 143 Å². The van der Waals surface area contributed by atoms with Gasteiger partial charge in [0, 0.05) is 30.3 Å². The number of benzene rings is 1. The van der Waals surface area contributed by atoms with Crippen LogP contribution in [-0.2, 0) is 19.4 Å². The molecule has 3 heterocycles. The van der Waals surface area contributed by atoms with Crippen LogP contribution in [0.15, 0.2) is 24.7 Å². The fourth-order valence-corrected chi connectivity index (χ4v) is 3.36. The number of aryl methyl sites for hydroxylation is 1. The Morgan fingerprint density at radius 2 is 2.25 bits per heavy atom. The summed E-state index contributed by atoms with van der Waals surface area (Å²) in [6, 6.07) is 3.13. The van der Waals surface area contributed by atoms with Crippen LogP contribution in [0.5, 0.6) is 5.75 Å². The Bertz CT molecular complexity index is 925. The SMILES string of the molecule is CCc1cnc(NCc2c(F)ccc3c2CCO3)n2cnc(Cl)c12. The molecule has 0 amide bonds. The van der Waals surface area contributed by atoms with Gasteiger partial charge in [-0.1, -0.05) is 18.5 Å². The molecule has 1 N–H and O–H groups in total. The van der Waals surface area contributed by atoms with E-state index >= 15 is 0 Å². The maximum Gasteiger partial charge on any atom is 0.209 e. The van der Waals surface area contributed by atoms with E-state index in [1.165, 1.54) is 6.07 Å². The first-order chi connectivity index (χ1) is 11.7. The number of hydrogen-bond donors (Lipinski definition) is 1. The first kappa shape index (κ1) is 15.2. The van der Waals surface area contributed by atoms with Gasteiger partial charge in [0.2, 0.25) is 5.95 Å². The lowest BCUT2D eigenvalue weighted by atomic mass is 10.0. The number of halogens is 2. The average molecular weight is 347 g/mol. The molecule has 0 saturated heterocycles. The van der Waals surface area contributed by atoms with E-state index in [-0.39, 0.29) is 5.82 Å². The van der Waals surface area contributed by atoms with Crippen LogP contribution in [0.3, 0.4) is 0 Å². The molecule has 24 heavy (non-hydrogen) atoms. The van der Waals surface area contributed by atoms with Crippen molar-refractivity contribution >= 4 is 23.1 Å². The Kier molecular flexibility index (Phi) is 3.76. The number of anilines is 1. The third kappa shape index (κ3) is 2.38. The molecular formula is C17H16ClFN4O. The molecule has 0 aliphatic carbocycles. The third-order valence-electron chi connectivity index (χ3n) is 4.34. The van der Waals surface area contributed by atoms with Gasteiger partial charge < -0.3 is 10.1 Å². The minimum atomic E-state index is -0.239. The summed E-state index contributed by atoms with van der Waals surface area (Å²) in [7, 11) is 0. The average Bonchev–Trinajstić information content (AvgIpc) is 3.21. The second kappa shape index (κ2) is 5.94. The topological polar surface area (TPSA) is 51.5 Å². The Morgan fingerprint density at radius 1 is 1.38 bits per heavy atom. The van der Waals surface area contributed by atoms with E-state index in [0.29, 0.717) is 29.8 Å². The second-order valence-corrected chi connectivity index (χ2v) is 6.03. The molecule has 0 spiro atoms. The maximum absolute atomic E-state index is 14.2. The summed E-state index contributed by atoms with van der Waals surface area (Å²) in [6.07, 6.45) is 4.93. The highest BCUT2D eigenvalue weighted by Crippen LogP contribution is 2.31. The quantitative estimate of drug-likeness (QED) is 0.783. The summed E-state index contributed by atoms with van der Waals surface area (Å²) >= 11 is 6.18. The van der Waals surface area contributed by atoms with E-state index in [1.54, 1.807) is 23.0 Å². The molecule has 4 rings (SSSR count). The van der Waals surface area contributed by atoms with E-state index in [0.717, 1.165) is 35.2 Å². The van der Waals surface area contributed by atoms with Crippen LogP contribution in [0.25, 0.3) is 5.52 Å². The smallest absolute Gasteiger partial charge is 0.209 e. The van der Waals surface area contributed by atoms with Gasteiger partial charge in [0.25, 0.3) is 0 Å². The van der Waals surface area contributed by atoms with Crippen molar-refractivity contribution in [1.29, 1.82) is 0 Å². The van der Waals surface area contributed by atoms with Crippen molar-refractivity contribution in [3.63, 3.8) is 0 Å². The van der Waals surface area contributed by atoms with Gasteiger partial charge in [0.05, 0.1) is 12.1 Å². The van der Waals surface area contributed by atoms with E-state index in [4.69, 9.17) is 16.3 Å². The van der Waals surface area contributed by atoms with Crippen molar-refractivity contribution in [1.82, 2.24) is 14.4 Å². The molecule has 0 saturated carbocycles. The Morgan fingerprint density at radius 3 is 3.08 bits per heavy atom. The summed E-state index contributed by atoms with van der Waals surface area (Å²) in [5.41, 5.74) is 3.39. The zero-order valence-corrected chi connectivity index (χ0v) is 13.9. The van der Waals surface area contributed by atoms with E-state index < -0.39 is 0 Å². The summed E-state index contributed by atoms with van der Waals surface area (Å²) < 4.78 is 21.5. The maximum atomic E-state index is 14.2. The lowest BCUT2D eigenvalue weighted by Gasteiger charge is -2.12. The highest BCUT2D eigenvalue weighted by molar-refractivity contribution is 6.32. The molecule has 2 aromatic heterocycles. The molecule has 0 fully saturated rings.